The number of benzene rings is 1. The molecule has 0 spiro atoms. The standard InChI is InChI=1S/C14H23N3/c1-11-9-12(15)7-8-17(11)14-6-4-5-13(10-14)16(2)3/h4-6,10-12H,7-9,15H2,1-3H3. The molecule has 2 N–H and O–H groups in total. The molecule has 3 nitrogen and oxygen atoms in total. The topological polar surface area (TPSA) is 32.5 Å². The predicted molar refractivity (Wildman–Crippen MR) is 74.8 cm³/mol. The molecule has 1 aromatic rings. The highest BCUT2D eigenvalue weighted by Crippen LogP contribution is 2.27. The molecule has 94 valence electrons. The molecular weight excluding hydrogens is 210 g/mol. The Labute approximate surface area is 104 Å². The molecule has 3 heteroatoms. The molecule has 0 bridgehead atoms. The predicted octanol–water partition coefficient (Wildman–Crippen LogP) is 2.07. The van der Waals surface area contributed by atoms with Crippen LogP contribution in [-0.4, -0.2) is 32.7 Å². The first kappa shape index (κ1) is 12.2. The number of rotatable bonds is 2. The van der Waals surface area contributed by atoms with Gasteiger partial charge in [0.25, 0.3) is 0 Å². The van der Waals surface area contributed by atoms with Gasteiger partial charge in [0, 0.05) is 44.1 Å². The number of piperidine rings is 1. The highest BCUT2D eigenvalue weighted by atomic mass is 15.2. The van der Waals surface area contributed by atoms with E-state index in [0.29, 0.717) is 12.1 Å². The van der Waals surface area contributed by atoms with Crippen LogP contribution < -0.4 is 15.5 Å². The zero-order valence-corrected chi connectivity index (χ0v) is 11.1. The van der Waals surface area contributed by atoms with E-state index < -0.39 is 0 Å². The van der Waals surface area contributed by atoms with Crippen molar-refractivity contribution in [2.75, 3.05) is 30.4 Å². The van der Waals surface area contributed by atoms with Crippen LogP contribution in [0.5, 0.6) is 0 Å². The minimum atomic E-state index is 0.373. The minimum absolute atomic E-state index is 0.373. The lowest BCUT2D eigenvalue weighted by molar-refractivity contribution is 0.430. The number of anilines is 2. The van der Waals surface area contributed by atoms with Crippen LogP contribution in [0.3, 0.4) is 0 Å². The van der Waals surface area contributed by atoms with E-state index >= 15 is 0 Å². The Hall–Kier alpha value is -1.22. The first-order valence-corrected chi connectivity index (χ1v) is 6.37. The summed E-state index contributed by atoms with van der Waals surface area (Å²) in [6.45, 7) is 3.33. The van der Waals surface area contributed by atoms with Crippen LogP contribution in [0.15, 0.2) is 24.3 Å². The van der Waals surface area contributed by atoms with Crippen LogP contribution in [0.2, 0.25) is 0 Å². The van der Waals surface area contributed by atoms with Gasteiger partial charge >= 0.3 is 0 Å². The summed E-state index contributed by atoms with van der Waals surface area (Å²) in [5.74, 6) is 0. The van der Waals surface area contributed by atoms with Crippen LogP contribution >= 0.6 is 0 Å². The summed E-state index contributed by atoms with van der Waals surface area (Å²) in [7, 11) is 4.16. The second-order valence-corrected chi connectivity index (χ2v) is 5.24. The molecule has 17 heavy (non-hydrogen) atoms. The van der Waals surface area contributed by atoms with Crippen molar-refractivity contribution in [3.05, 3.63) is 24.3 Å². The Morgan fingerprint density at radius 1 is 1.35 bits per heavy atom. The maximum Gasteiger partial charge on any atom is 0.0389 e. The van der Waals surface area contributed by atoms with E-state index in [0.717, 1.165) is 19.4 Å². The SMILES string of the molecule is CC1CC(N)CCN1c1cccc(N(C)C)c1. The first-order valence-electron chi connectivity index (χ1n) is 6.37. The second kappa shape index (κ2) is 4.96. The number of hydrogen-bond donors (Lipinski definition) is 1. The lowest BCUT2D eigenvalue weighted by atomic mass is 9.98. The van der Waals surface area contributed by atoms with Crippen molar-refractivity contribution in [3.63, 3.8) is 0 Å². The monoisotopic (exact) mass is 233 g/mol. The van der Waals surface area contributed by atoms with E-state index in [2.05, 4.69) is 55.1 Å². The van der Waals surface area contributed by atoms with Gasteiger partial charge in [0.2, 0.25) is 0 Å². The number of nitrogens with zero attached hydrogens (tertiary/aromatic N) is 2. The fourth-order valence-electron chi connectivity index (χ4n) is 2.54. The smallest absolute Gasteiger partial charge is 0.0389 e. The molecule has 2 unspecified atom stereocenters. The average molecular weight is 233 g/mol. The minimum Gasteiger partial charge on any atom is -0.378 e. The zero-order chi connectivity index (χ0) is 12.4. The molecule has 1 saturated heterocycles. The quantitative estimate of drug-likeness (QED) is 0.848. The van der Waals surface area contributed by atoms with Crippen molar-refractivity contribution < 1.29 is 0 Å². The first-order chi connectivity index (χ1) is 8.08. The summed E-state index contributed by atoms with van der Waals surface area (Å²) in [5.41, 5.74) is 8.58. The summed E-state index contributed by atoms with van der Waals surface area (Å²) in [6.07, 6.45) is 2.18. The van der Waals surface area contributed by atoms with Gasteiger partial charge in [-0.3, -0.25) is 0 Å². The fraction of sp³-hybridized carbons (Fsp3) is 0.571. The molecule has 2 atom stereocenters. The van der Waals surface area contributed by atoms with Gasteiger partial charge in [0.15, 0.2) is 0 Å². The lowest BCUT2D eigenvalue weighted by Crippen LogP contribution is -2.45. The maximum absolute atomic E-state index is 6.01. The third kappa shape index (κ3) is 2.72. The summed E-state index contributed by atoms with van der Waals surface area (Å²) >= 11 is 0. The van der Waals surface area contributed by atoms with Gasteiger partial charge in [-0.2, -0.15) is 0 Å². The highest BCUT2D eigenvalue weighted by molar-refractivity contribution is 5.59. The molecule has 1 aromatic carbocycles. The van der Waals surface area contributed by atoms with Crippen molar-refractivity contribution in [1.29, 1.82) is 0 Å². The Morgan fingerprint density at radius 2 is 2.12 bits per heavy atom. The van der Waals surface area contributed by atoms with E-state index in [1.54, 1.807) is 0 Å². The summed E-state index contributed by atoms with van der Waals surface area (Å²) < 4.78 is 0. The second-order valence-electron chi connectivity index (χ2n) is 5.24. The van der Waals surface area contributed by atoms with Crippen molar-refractivity contribution in [2.24, 2.45) is 5.73 Å². The van der Waals surface area contributed by atoms with E-state index in [1.165, 1.54) is 11.4 Å². The molecule has 0 saturated carbocycles. The molecule has 1 heterocycles. The fourth-order valence-corrected chi connectivity index (χ4v) is 2.54. The van der Waals surface area contributed by atoms with Crippen molar-refractivity contribution >= 4 is 11.4 Å². The van der Waals surface area contributed by atoms with Crippen molar-refractivity contribution in [1.82, 2.24) is 0 Å². The molecule has 1 aliphatic heterocycles. The maximum atomic E-state index is 6.01. The third-order valence-electron chi connectivity index (χ3n) is 3.59. The average Bonchev–Trinajstić information content (AvgIpc) is 2.29. The molecule has 0 aliphatic carbocycles. The van der Waals surface area contributed by atoms with Crippen LogP contribution in [0, 0.1) is 0 Å². The van der Waals surface area contributed by atoms with Crippen LogP contribution in [0.4, 0.5) is 11.4 Å². The highest BCUT2D eigenvalue weighted by Gasteiger charge is 2.23. The van der Waals surface area contributed by atoms with Crippen LogP contribution in [-0.2, 0) is 0 Å². The van der Waals surface area contributed by atoms with Gasteiger partial charge < -0.3 is 15.5 Å². The van der Waals surface area contributed by atoms with E-state index in [9.17, 15) is 0 Å². The van der Waals surface area contributed by atoms with E-state index in [1.807, 2.05) is 0 Å². The van der Waals surface area contributed by atoms with Gasteiger partial charge in [-0.25, -0.2) is 0 Å². The van der Waals surface area contributed by atoms with Gasteiger partial charge in [-0.05, 0) is 38.0 Å². The van der Waals surface area contributed by atoms with Crippen LogP contribution in [0.1, 0.15) is 19.8 Å². The number of hydrogen-bond acceptors (Lipinski definition) is 3. The third-order valence-corrected chi connectivity index (χ3v) is 3.59. The summed E-state index contributed by atoms with van der Waals surface area (Å²) in [5, 5.41) is 0. The molecule has 1 fully saturated rings. The van der Waals surface area contributed by atoms with E-state index in [4.69, 9.17) is 5.73 Å². The Balaban J connectivity index is 2.19. The largest absolute Gasteiger partial charge is 0.378 e. The summed E-state index contributed by atoms with van der Waals surface area (Å²) in [6, 6.07) is 9.64. The number of nitrogens with two attached hydrogens (primary N) is 1. The molecule has 0 radical (unpaired) electrons. The van der Waals surface area contributed by atoms with Crippen molar-refractivity contribution in [3.8, 4) is 0 Å². The molecule has 1 aliphatic rings. The normalized spacial score (nSPS) is 24.8. The Kier molecular flexibility index (Phi) is 3.57. The van der Waals surface area contributed by atoms with Crippen LogP contribution in [0.25, 0.3) is 0 Å². The van der Waals surface area contributed by atoms with Gasteiger partial charge in [-0.1, -0.05) is 6.07 Å². The lowest BCUT2D eigenvalue weighted by Gasteiger charge is -2.38. The van der Waals surface area contributed by atoms with E-state index in [-0.39, 0.29) is 0 Å². The molecular formula is C14H23N3. The molecule has 0 amide bonds. The Bertz CT molecular complexity index is 375. The molecule has 0 aromatic heterocycles. The van der Waals surface area contributed by atoms with Crippen molar-refractivity contribution in [2.45, 2.75) is 31.8 Å². The van der Waals surface area contributed by atoms with Gasteiger partial charge in [0.1, 0.15) is 0 Å². The summed E-state index contributed by atoms with van der Waals surface area (Å²) in [4.78, 5) is 4.61. The Morgan fingerprint density at radius 3 is 2.76 bits per heavy atom. The van der Waals surface area contributed by atoms with Gasteiger partial charge in [-0.15, -0.1) is 0 Å². The molecule has 2 rings (SSSR count). The van der Waals surface area contributed by atoms with Gasteiger partial charge in [0.05, 0.1) is 0 Å². The zero-order valence-electron chi connectivity index (χ0n) is 11.1.